The van der Waals surface area contributed by atoms with Crippen LogP contribution in [0.3, 0.4) is 0 Å². The van der Waals surface area contributed by atoms with Crippen LogP contribution in [-0.4, -0.2) is 9.13 Å². The zero-order chi connectivity index (χ0) is 34.9. The number of nitriles is 2. The number of aromatic nitrogens is 2. The molecule has 0 saturated heterocycles. The lowest BCUT2D eigenvalue weighted by Gasteiger charge is -2.20. The van der Waals surface area contributed by atoms with Crippen molar-refractivity contribution in [2.75, 3.05) is 0 Å². The van der Waals surface area contributed by atoms with Crippen molar-refractivity contribution in [3.8, 4) is 34.6 Å². The van der Waals surface area contributed by atoms with Gasteiger partial charge in [-0.3, -0.25) is 0 Å². The summed E-state index contributed by atoms with van der Waals surface area (Å²) in [6.45, 7) is 13.6. The summed E-state index contributed by atoms with van der Waals surface area (Å²) < 4.78 is 4.74. The summed E-state index contributed by atoms with van der Waals surface area (Å²) in [4.78, 5) is 0. The summed E-state index contributed by atoms with van der Waals surface area (Å²) >= 11 is 0. The van der Waals surface area contributed by atoms with Gasteiger partial charge >= 0.3 is 0 Å². The van der Waals surface area contributed by atoms with E-state index in [0.29, 0.717) is 11.1 Å². The predicted octanol–water partition coefficient (Wildman–Crippen LogP) is 11.9. The number of nitrogens with zero attached hydrogens (tertiary/aromatic N) is 4. The molecule has 0 saturated carbocycles. The van der Waals surface area contributed by atoms with E-state index in [1.54, 1.807) is 6.07 Å². The highest BCUT2D eigenvalue weighted by Gasteiger charge is 2.25. The van der Waals surface area contributed by atoms with E-state index in [0.717, 1.165) is 55.3 Å². The fraction of sp³-hybridized carbons (Fsp3) is 0.174. The third kappa shape index (κ3) is 4.80. The second-order valence-electron chi connectivity index (χ2n) is 15.3. The van der Waals surface area contributed by atoms with E-state index in [-0.39, 0.29) is 10.8 Å². The number of fused-ring (bicyclic) bond motifs is 6. The van der Waals surface area contributed by atoms with Gasteiger partial charge in [-0.15, -0.1) is 0 Å². The maximum absolute atomic E-state index is 10.2. The first kappa shape index (κ1) is 31.2. The molecule has 4 nitrogen and oxygen atoms in total. The highest BCUT2D eigenvalue weighted by Crippen LogP contribution is 2.45. The van der Waals surface area contributed by atoms with Crippen LogP contribution in [0.15, 0.2) is 121 Å². The largest absolute Gasteiger partial charge is 0.309 e. The molecular weight excluding hydrogens is 609 g/mol. The first-order chi connectivity index (χ1) is 24.0. The maximum atomic E-state index is 10.2. The number of hydrogen-bond donors (Lipinski definition) is 0. The highest BCUT2D eigenvalue weighted by molar-refractivity contribution is 6.17. The highest BCUT2D eigenvalue weighted by atomic mass is 15.0. The Morgan fingerprint density at radius 2 is 1.06 bits per heavy atom. The number of rotatable bonds is 3. The normalized spacial score (nSPS) is 12.2. The van der Waals surface area contributed by atoms with Crippen LogP contribution in [0.1, 0.15) is 63.8 Å². The number of hydrogen-bond acceptors (Lipinski definition) is 2. The lowest BCUT2D eigenvalue weighted by atomic mass is 9.85. The number of para-hydroxylation sites is 2. The molecule has 50 heavy (non-hydrogen) atoms. The molecule has 0 spiro atoms. The number of benzene rings is 6. The molecule has 8 rings (SSSR count). The Labute approximate surface area is 293 Å². The van der Waals surface area contributed by atoms with Crippen LogP contribution in [0.2, 0.25) is 0 Å². The van der Waals surface area contributed by atoms with Gasteiger partial charge < -0.3 is 9.13 Å². The minimum absolute atomic E-state index is 0.0128. The Morgan fingerprint density at radius 1 is 0.480 bits per heavy atom. The van der Waals surface area contributed by atoms with Gasteiger partial charge in [0, 0.05) is 32.8 Å². The quantitative estimate of drug-likeness (QED) is 0.192. The third-order valence-electron chi connectivity index (χ3n) is 10.1. The van der Waals surface area contributed by atoms with Gasteiger partial charge in [0.1, 0.15) is 12.1 Å². The van der Waals surface area contributed by atoms with Gasteiger partial charge in [0.25, 0.3) is 0 Å². The van der Waals surface area contributed by atoms with E-state index < -0.39 is 0 Å². The van der Waals surface area contributed by atoms with Crippen LogP contribution in [-0.2, 0) is 10.8 Å². The van der Waals surface area contributed by atoms with Crippen LogP contribution in [0, 0.1) is 22.7 Å². The Morgan fingerprint density at radius 3 is 1.66 bits per heavy atom. The van der Waals surface area contributed by atoms with E-state index >= 15 is 0 Å². The summed E-state index contributed by atoms with van der Waals surface area (Å²) in [5.41, 5.74) is 11.6. The molecule has 2 heterocycles. The second-order valence-corrected chi connectivity index (χ2v) is 15.3. The summed E-state index contributed by atoms with van der Waals surface area (Å²) in [6, 6.07) is 47.5. The van der Waals surface area contributed by atoms with Gasteiger partial charge in [-0.2, -0.15) is 10.5 Å². The van der Waals surface area contributed by atoms with E-state index in [2.05, 4.69) is 160 Å². The maximum Gasteiger partial charge on any atom is 0.101 e. The van der Waals surface area contributed by atoms with Crippen molar-refractivity contribution in [2.45, 2.75) is 52.4 Å². The molecule has 6 aromatic carbocycles. The fourth-order valence-electron chi connectivity index (χ4n) is 7.47. The Bertz CT molecular complexity index is 2660. The molecular formula is C46H38N4. The van der Waals surface area contributed by atoms with Gasteiger partial charge in [-0.25, -0.2) is 0 Å². The SMILES string of the molecule is CC(C)(C)c1ccc2c(c1)c1cc(C(C)(C)C)ccc1n2-c1ccc2c3ccccc3n(-c3ccccc3)c2c1-c1ccc(C#N)c(C#N)c1. The standard InChI is InChI=1S/C46H38N4/c1-45(2,3)32-18-21-40-37(25-32)38-26-33(46(4,5)6)19-22-41(38)50(40)42-23-20-36-35-14-10-11-15-39(35)49(34-12-8-7-9-13-34)44(36)43(42)29-16-17-30(27-47)31(24-29)28-48/h7-26H,1-6H3. The molecule has 0 aliphatic heterocycles. The minimum atomic E-state index is -0.0128. The summed E-state index contributed by atoms with van der Waals surface area (Å²) in [5.74, 6) is 0. The molecule has 0 fully saturated rings. The van der Waals surface area contributed by atoms with Crippen molar-refractivity contribution in [1.29, 1.82) is 10.5 Å². The summed E-state index contributed by atoms with van der Waals surface area (Å²) in [6.07, 6.45) is 0. The van der Waals surface area contributed by atoms with Crippen LogP contribution in [0.25, 0.3) is 66.1 Å². The van der Waals surface area contributed by atoms with Gasteiger partial charge in [0.15, 0.2) is 0 Å². The van der Waals surface area contributed by atoms with Gasteiger partial charge in [-0.05, 0) is 88.2 Å². The molecule has 0 amide bonds. The van der Waals surface area contributed by atoms with Gasteiger partial charge in [0.2, 0.25) is 0 Å². The smallest absolute Gasteiger partial charge is 0.101 e. The summed E-state index contributed by atoms with van der Waals surface area (Å²) in [5, 5.41) is 24.8. The van der Waals surface area contributed by atoms with Crippen molar-refractivity contribution < 1.29 is 0 Å². The molecule has 0 radical (unpaired) electrons. The van der Waals surface area contributed by atoms with E-state index in [1.807, 2.05) is 18.2 Å². The van der Waals surface area contributed by atoms with E-state index in [4.69, 9.17) is 0 Å². The van der Waals surface area contributed by atoms with Gasteiger partial charge in [0.05, 0.1) is 38.9 Å². The van der Waals surface area contributed by atoms with E-state index in [1.165, 1.54) is 21.9 Å². The van der Waals surface area contributed by atoms with Crippen molar-refractivity contribution in [3.05, 3.63) is 144 Å². The van der Waals surface area contributed by atoms with Crippen molar-refractivity contribution in [1.82, 2.24) is 9.13 Å². The van der Waals surface area contributed by atoms with Crippen molar-refractivity contribution in [3.63, 3.8) is 0 Å². The lowest BCUT2D eigenvalue weighted by molar-refractivity contribution is 0.590. The molecule has 242 valence electrons. The van der Waals surface area contributed by atoms with Crippen molar-refractivity contribution in [2.24, 2.45) is 0 Å². The van der Waals surface area contributed by atoms with Gasteiger partial charge in [-0.1, -0.05) is 102 Å². The van der Waals surface area contributed by atoms with Crippen LogP contribution < -0.4 is 0 Å². The molecule has 0 N–H and O–H groups in total. The zero-order valence-corrected chi connectivity index (χ0v) is 29.3. The topological polar surface area (TPSA) is 57.4 Å². The molecule has 0 bridgehead atoms. The van der Waals surface area contributed by atoms with Crippen LogP contribution >= 0.6 is 0 Å². The third-order valence-corrected chi connectivity index (χ3v) is 10.1. The first-order valence-corrected chi connectivity index (χ1v) is 17.2. The Balaban J connectivity index is 1.59. The zero-order valence-electron chi connectivity index (χ0n) is 29.3. The minimum Gasteiger partial charge on any atom is -0.309 e. The second kappa shape index (κ2) is 11.2. The molecule has 4 heteroatoms. The average molecular weight is 647 g/mol. The summed E-state index contributed by atoms with van der Waals surface area (Å²) in [7, 11) is 0. The monoisotopic (exact) mass is 646 g/mol. The molecule has 8 aromatic rings. The van der Waals surface area contributed by atoms with Crippen LogP contribution in [0.5, 0.6) is 0 Å². The predicted molar refractivity (Wildman–Crippen MR) is 207 cm³/mol. The fourth-order valence-corrected chi connectivity index (χ4v) is 7.47. The lowest BCUT2D eigenvalue weighted by Crippen LogP contribution is -2.10. The van der Waals surface area contributed by atoms with E-state index in [9.17, 15) is 10.5 Å². The van der Waals surface area contributed by atoms with Crippen LogP contribution in [0.4, 0.5) is 0 Å². The molecule has 0 atom stereocenters. The molecule has 2 aromatic heterocycles. The Hall–Kier alpha value is -6.10. The van der Waals surface area contributed by atoms with Crippen molar-refractivity contribution >= 4 is 43.6 Å². The average Bonchev–Trinajstić information content (AvgIpc) is 3.62. The Kier molecular flexibility index (Phi) is 7.00. The molecule has 0 unspecified atom stereocenters. The first-order valence-electron chi connectivity index (χ1n) is 17.2. The molecule has 0 aliphatic rings. The molecule has 0 aliphatic carbocycles.